The first kappa shape index (κ1) is 22.3. The number of halogens is 2. The summed E-state index contributed by atoms with van der Waals surface area (Å²) in [6, 6.07) is 14.3. The second kappa shape index (κ2) is 9.02. The highest BCUT2D eigenvalue weighted by atomic mass is 79.9. The largest absolute Gasteiger partial charge is 0.449 e. The van der Waals surface area contributed by atoms with Crippen molar-refractivity contribution in [3.05, 3.63) is 105 Å². The van der Waals surface area contributed by atoms with Crippen molar-refractivity contribution < 1.29 is 9.21 Å². The fraction of sp³-hybridized carbons (Fsp3) is 0.0870. The molecule has 1 N–H and O–H groups in total. The third-order valence-electron chi connectivity index (χ3n) is 5.05. The Labute approximate surface area is 212 Å². The van der Waals surface area contributed by atoms with Crippen LogP contribution in [-0.4, -0.2) is 10.5 Å². The number of carbonyl (C=O) groups is 1. The summed E-state index contributed by atoms with van der Waals surface area (Å²) in [5.41, 5.74) is 1.49. The fourth-order valence-corrected chi connectivity index (χ4v) is 6.07. The molecule has 5 rings (SSSR count). The molecule has 0 spiro atoms. The monoisotopic (exact) mass is 603 g/mol. The van der Waals surface area contributed by atoms with Gasteiger partial charge in [-0.15, -0.1) is 11.3 Å². The number of nitrogens with zero attached hydrogens (tertiary/aromatic N) is 2. The summed E-state index contributed by atoms with van der Waals surface area (Å²) in [6.45, 7) is 1.80. The van der Waals surface area contributed by atoms with Crippen LogP contribution in [0.15, 0.2) is 88.5 Å². The third-order valence-corrected chi connectivity index (χ3v) is 8.67. The molecule has 0 fully saturated rings. The molecule has 1 aliphatic heterocycles. The predicted molar refractivity (Wildman–Crippen MR) is 137 cm³/mol. The van der Waals surface area contributed by atoms with Gasteiger partial charge >= 0.3 is 0 Å². The van der Waals surface area contributed by atoms with E-state index in [-0.39, 0.29) is 11.5 Å². The topological polar surface area (TPSA) is 76.6 Å². The summed E-state index contributed by atoms with van der Waals surface area (Å²) in [5, 5.41) is 4.88. The highest BCUT2D eigenvalue weighted by Crippen LogP contribution is 2.33. The molecule has 33 heavy (non-hydrogen) atoms. The van der Waals surface area contributed by atoms with Gasteiger partial charge in [0.25, 0.3) is 11.5 Å². The van der Waals surface area contributed by atoms with Gasteiger partial charge in [-0.3, -0.25) is 14.2 Å². The standard InChI is InChI=1S/C23H15Br2N3O3S2/c1-12-18(21(29)27-13-6-3-2-4-7-13)19(16-8-5-9-32-16)28-22(30)17(33-23(28)26-12)11-14-10-15(24)20(25)31-14/h2-11,19H,1H3,(H,27,29). The van der Waals surface area contributed by atoms with Gasteiger partial charge in [0.05, 0.1) is 20.3 Å². The van der Waals surface area contributed by atoms with E-state index in [2.05, 4.69) is 42.2 Å². The lowest BCUT2D eigenvalue weighted by Crippen LogP contribution is -2.40. The number of furan rings is 1. The lowest BCUT2D eigenvalue weighted by atomic mass is 10.0. The van der Waals surface area contributed by atoms with Crippen molar-refractivity contribution in [1.82, 2.24) is 4.57 Å². The number of rotatable bonds is 4. The molecule has 1 aliphatic rings. The number of hydrogen-bond acceptors (Lipinski definition) is 6. The number of anilines is 1. The molecule has 6 nitrogen and oxygen atoms in total. The third kappa shape index (κ3) is 4.23. The van der Waals surface area contributed by atoms with Crippen LogP contribution in [0.5, 0.6) is 0 Å². The molecule has 0 aliphatic carbocycles. The van der Waals surface area contributed by atoms with Crippen LogP contribution in [0.4, 0.5) is 5.69 Å². The maximum absolute atomic E-state index is 13.5. The summed E-state index contributed by atoms with van der Waals surface area (Å²) in [4.78, 5) is 33.0. The van der Waals surface area contributed by atoms with Gasteiger partial charge in [0, 0.05) is 16.6 Å². The molecule has 1 atom stereocenters. The van der Waals surface area contributed by atoms with Crippen molar-refractivity contribution in [3.63, 3.8) is 0 Å². The first-order valence-electron chi connectivity index (χ1n) is 9.79. The van der Waals surface area contributed by atoms with Crippen LogP contribution < -0.4 is 20.2 Å². The molecule has 0 radical (unpaired) electrons. The van der Waals surface area contributed by atoms with Gasteiger partial charge in [-0.1, -0.05) is 35.6 Å². The molecule has 10 heteroatoms. The molecule has 166 valence electrons. The average molecular weight is 605 g/mol. The quantitative estimate of drug-likeness (QED) is 0.354. The Kier molecular flexibility index (Phi) is 6.09. The number of fused-ring (bicyclic) bond motifs is 1. The van der Waals surface area contributed by atoms with Crippen molar-refractivity contribution in [3.8, 4) is 0 Å². The molecule has 0 saturated heterocycles. The molecule has 1 amide bonds. The lowest BCUT2D eigenvalue weighted by Gasteiger charge is -2.24. The number of thiophene rings is 1. The summed E-state index contributed by atoms with van der Waals surface area (Å²) in [7, 11) is 0. The van der Waals surface area contributed by atoms with E-state index in [1.807, 2.05) is 47.8 Å². The Hall–Kier alpha value is -2.53. The number of para-hydroxylation sites is 1. The summed E-state index contributed by atoms with van der Waals surface area (Å²) >= 11 is 9.48. The van der Waals surface area contributed by atoms with E-state index in [9.17, 15) is 9.59 Å². The summed E-state index contributed by atoms with van der Waals surface area (Å²) < 4.78 is 9.00. The van der Waals surface area contributed by atoms with Gasteiger partial charge in [-0.2, -0.15) is 0 Å². The minimum absolute atomic E-state index is 0.224. The zero-order chi connectivity index (χ0) is 23.1. The second-order valence-electron chi connectivity index (χ2n) is 7.19. The van der Waals surface area contributed by atoms with Crippen molar-refractivity contribution >= 4 is 72.2 Å². The van der Waals surface area contributed by atoms with Crippen molar-refractivity contribution in [1.29, 1.82) is 0 Å². The smallest absolute Gasteiger partial charge is 0.271 e. The molecule has 1 aromatic carbocycles. The first-order chi connectivity index (χ1) is 15.9. The summed E-state index contributed by atoms with van der Waals surface area (Å²) in [5.74, 6) is 0.249. The Balaban J connectivity index is 1.65. The van der Waals surface area contributed by atoms with Crippen LogP contribution in [0.3, 0.4) is 0 Å². The van der Waals surface area contributed by atoms with Crippen LogP contribution in [0, 0.1) is 0 Å². The molecule has 4 aromatic rings. The van der Waals surface area contributed by atoms with Gasteiger partial charge < -0.3 is 9.73 Å². The molecular formula is C23H15Br2N3O3S2. The van der Waals surface area contributed by atoms with E-state index in [1.54, 1.807) is 23.6 Å². The number of amides is 1. The van der Waals surface area contributed by atoms with E-state index in [1.165, 1.54) is 22.7 Å². The van der Waals surface area contributed by atoms with Crippen molar-refractivity contribution in [2.45, 2.75) is 13.0 Å². The molecule has 3 aromatic heterocycles. The highest BCUT2D eigenvalue weighted by molar-refractivity contribution is 9.13. The maximum Gasteiger partial charge on any atom is 0.271 e. The molecular weight excluding hydrogens is 590 g/mol. The van der Waals surface area contributed by atoms with E-state index < -0.39 is 6.04 Å². The molecule has 0 saturated carbocycles. The van der Waals surface area contributed by atoms with Gasteiger partial charge in [0.2, 0.25) is 0 Å². The normalized spacial score (nSPS) is 16.0. The highest BCUT2D eigenvalue weighted by Gasteiger charge is 2.33. The Morgan fingerprint density at radius 1 is 1.21 bits per heavy atom. The van der Waals surface area contributed by atoms with Crippen molar-refractivity contribution in [2.75, 3.05) is 5.32 Å². The Morgan fingerprint density at radius 3 is 2.67 bits per heavy atom. The van der Waals surface area contributed by atoms with E-state index >= 15 is 0 Å². The van der Waals surface area contributed by atoms with Crippen LogP contribution >= 0.6 is 54.5 Å². The minimum atomic E-state index is -0.567. The van der Waals surface area contributed by atoms with Gasteiger partial charge in [-0.05, 0) is 68.4 Å². The zero-order valence-electron chi connectivity index (χ0n) is 17.0. The van der Waals surface area contributed by atoms with Crippen molar-refractivity contribution in [2.24, 2.45) is 4.99 Å². The van der Waals surface area contributed by atoms with Crippen LogP contribution in [0.2, 0.25) is 0 Å². The summed E-state index contributed by atoms with van der Waals surface area (Å²) in [6.07, 6.45) is 1.69. The second-order valence-corrected chi connectivity index (χ2v) is 10.8. The number of allylic oxidation sites excluding steroid dienone is 1. The zero-order valence-corrected chi connectivity index (χ0v) is 21.8. The van der Waals surface area contributed by atoms with Crippen LogP contribution in [0.25, 0.3) is 6.08 Å². The van der Waals surface area contributed by atoms with E-state index in [0.29, 0.717) is 36.7 Å². The number of hydrogen-bond donors (Lipinski definition) is 1. The lowest BCUT2D eigenvalue weighted by molar-refractivity contribution is -0.113. The first-order valence-corrected chi connectivity index (χ1v) is 13.1. The SMILES string of the molecule is CC1=C(C(=O)Nc2ccccc2)C(c2cccs2)n2c(sc(=Cc3cc(Br)c(Br)o3)c2=O)=N1. The van der Waals surface area contributed by atoms with Crippen LogP contribution in [0.1, 0.15) is 23.6 Å². The number of carbonyl (C=O) groups excluding carboxylic acids is 1. The Morgan fingerprint density at radius 2 is 2.00 bits per heavy atom. The fourth-order valence-electron chi connectivity index (χ4n) is 3.61. The number of thiazole rings is 1. The maximum atomic E-state index is 13.5. The predicted octanol–water partition coefficient (Wildman–Crippen LogP) is 5.05. The van der Waals surface area contributed by atoms with Crippen LogP contribution in [-0.2, 0) is 4.79 Å². The molecule has 4 heterocycles. The molecule has 0 bridgehead atoms. The van der Waals surface area contributed by atoms with Gasteiger partial charge in [-0.25, -0.2) is 4.99 Å². The average Bonchev–Trinajstić information content (AvgIpc) is 3.49. The van der Waals surface area contributed by atoms with Gasteiger partial charge in [0.1, 0.15) is 11.8 Å². The minimum Gasteiger partial charge on any atom is -0.449 e. The number of nitrogens with one attached hydrogen (secondary N) is 1. The van der Waals surface area contributed by atoms with Gasteiger partial charge in [0.15, 0.2) is 9.47 Å². The number of aromatic nitrogens is 1. The van der Waals surface area contributed by atoms with E-state index in [4.69, 9.17) is 4.42 Å². The Bertz CT molecular complexity index is 1550. The molecule has 1 unspecified atom stereocenters. The van der Waals surface area contributed by atoms with E-state index in [0.717, 1.165) is 9.35 Å². The number of benzene rings is 1.